The first kappa shape index (κ1) is 26.7. The number of thiophene rings is 1. The van der Waals surface area contributed by atoms with E-state index < -0.39 is 15.6 Å². The molecule has 2 saturated heterocycles. The Morgan fingerprint density at radius 2 is 1.68 bits per heavy atom. The number of carbonyl (C=O) groups is 1. The van der Waals surface area contributed by atoms with Gasteiger partial charge in [-0.1, -0.05) is 6.92 Å². The number of amides is 1. The van der Waals surface area contributed by atoms with Crippen molar-refractivity contribution in [2.75, 3.05) is 63.8 Å². The van der Waals surface area contributed by atoms with Crippen molar-refractivity contribution < 1.29 is 13.2 Å². The molecule has 12 nitrogen and oxygen atoms in total. The smallest absolute Gasteiger partial charge is 0.263 e. The van der Waals surface area contributed by atoms with Crippen LogP contribution in [-0.4, -0.2) is 107 Å². The summed E-state index contributed by atoms with van der Waals surface area (Å²) in [7, 11) is -3.96. The van der Waals surface area contributed by atoms with Crippen molar-refractivity contribution in [1.29, 1.82) is 0 Å². The van der Waals surface area contributed by atoms with Gasteiger partial charge in [-0.15, -0.1) is 11.3 Å². The van der Waals surface area contributed by atoms with Gasteiger partial charge >= 0.3 is 0 Å². The molecular weight excluding hydrogens is 528 g/mol. The molecule has 204 valence electrons. The number of hydrogen-bond donors (Lipinski definition) is 0. The molecule has 0 spiro atoms. The molecule has 0 saturated carbocycles. The molecule has 2 aliphatic rings. The van der Waals surface area contributed by atoms with Crippen LogP contribution in [0.15, 0.2) is 34.5 Å². The summed E-state index contributed by atoms with van der Waals surface area (Å²) < 4.78 is 30.2. The van der Waals surface area contributed by atoms with Gasteiger partial charge in [-0.25, -0.2) is 23.4 Å². The first-order valence-corrected chi connectivity index (χ1v) is 15.1. The highest BCUT2D eigenvalue weighted by Crippen LogP contribution is 2.33. The number of fused-ring (bicyclic) bond motifs is 1. The van der Waals surface area contributed by atoms with Gasteiger partial charge < -0.3 is 9.80 Å². The molecule has 14 heteroatoms. The van der Waals surface area contributed by atoms with Crippen LogP contribution in [0.2, 0.25) is 0 Å². The summed E-state index contributed by atoms with van der Waals surface area (Å²) in [4.78, 5) is 46.3. The predicted octanol–water partition coefficient (Wildman–Crippen LogP) is 0.622. The number of piperazine rings is 2. The second kappa shape index (κ2) is 11.0. The predicted molar refractivity (Wildman–Crippen MR) is 145 cm³/mol. The van der Waals surface area contributed by atoms with Crippen molar-refractivity contribution in [2.45, 2.75) is 31.7 Å². The molecule has 2 aliphatic heterocycles. The van der Waals surface area contributed by atoms with Gasteiger partial charge in [0.2, 0.25) is 21.9 Å². The highest BCUT2D eigenvalue weighted by molar-refractivity contribution is 7.89. The van der Waals surface area contributed by atoms with E-state index in [0.29, 0.717) is 41.8 Å². The van der Waals surface area contributed by atoms with Gasteiger partial charge in [-0.3, -0.25) is 19.1 Å². The molecule has 0 aromatic carbocycles. The fourth-order valence-corrected chi connectivity index (χ4v) is 8.12. The first-order chi connectivity index (χ1) is 18.3. The van der Waals surface area contributed by atoms with Crippen molar-refractivity contribution in [3.63, 3.8) is 0 Å². The van der Waals surface area contributed by atoms with Gasteiger partial charge in [-0.05, 0) is 26.0 Å². The number of hydrogen-bond acceptors (Lipinski definition) is 10. The number of aromatic nitrogens is 4. The van der Waals surface area contributed by atoms with Gasteiger partial charge in [0, 0.05) is 69.6 Å². The third-order valence-corrected chi connectivity index (χ3v) is 10.3. The Morgan fingerprint density at radius 3 is 2.34 bits per heavy atom. The van der Waals surface area contributed by atoms with Gasteiger partial charge in [0.15, 0.2) is 0 Å². The number of carbonyl (C=O) groups excluding carboxylic acids is 1. The Balaban J connectivity index is 1.36. The number of nitrogens with zero attached hydrogens (tertiary/aromatic N) is 8. The fourth-order valence-electron chi connectivity index (χ4n) is 5.03. The zero-order valence-corrected chi connectivity index (χ0v) is 23.2. The maximum Gasteiger partial charge on any atom is 0.263 e. The molecule has 5 heterocycles. The van der Waals surface area contributed by atoms with Gasteiger partial charge in [0.25, 0.3) is 5.56 Å². The Labute approximate surface area is 225 Å². The Kier molecular flexibility index (Phi) is 7.75. The van der Waals surface area contributed by atoms with Crippen LogP contribution in [0.25, 0.3) is 10.2 Å². The zero-order chi connectivity index (χ0) is 26.9. The molecule has 0 unspecified atom stereocenters. The van der Waals surface area contributed by atoms with Crippen molar-refractivity contribution in [3.05, 3.63) is 40.0 Å². The minimum atomic E-state index is -3.96. The van der Waals surface area contributed by atoms with Crippen LogP contribution in [0.1, 0.15) is 18.2 Å². The van der Waals surface area contributed by atoms with Crippen molar-refractivity contribution >= 4 is 43.4 Å². The zero-order valence-electron chi connectivity index (χ0n) is 21.6. The van der Waals surface area contributed by atoms with Crippen molar-refractivity contribution in [1.82, 2.24) is 33.6 Å². The number of sulfonamides is 1. The second-order valence-corrected chi connectivity index (χ2v) is 12.6. The quantitative estimate of drug-likeness (QED) is 0.409. The molecule has 5 rings (SSSR count). The summed E-state index contributed by atoms with van der Waals surface area (Å²) in [5.41, 5.74) is -0.507. The van der Waals surface area contributed by atoms with E-state index in [1.54, 1.807) is 30.3 Å². The van der Waals surface area contributed by atoms with Crippen molar-refractivity contribution in [3.8, 4) is 0 Å². The number of anilines is 1. The van der Waals surface area contributed by atoms with Crippen LogP contribution in [0, 0.1) is 6.92 Å². The molecule has 0 N–H and O–H groups in total. The third-order valence-electron chi connectivity index (χ3n) is 7.04. The van der Waals surface area contributed by atoms with E-state index in [2.05, 4.69) is 26.8 Å². The lowest BCUT2D eigenvalue weighted by atomic mass is 10.3. The average Bonchev–Trinajstić information content (AvgIpc) is 3.29. The largest absolute Gasteiger partial charge is 0.339 e. The highest BCUT2D eigenvalue weighted by atomic mass is 32.2. The Hall–Kier alpha value is -2.94. The van der Waals surface area contributed by atoms with Crippen LogP contribution in [0.5, 0.6) is 0 Å². The summed E-state index contributed by atoms with van der Waals surface area (Å²) in [6.07, 6.45) is 5.72. The van der Waals surface area contributed by atoms with Gasteiger partial charge in [0.1, 0.15) is 16.3 Å². The first-order valence-electron chi connectivity index (χ1n) is 12.8. The molecule has 2 fully saturated rings. The van der Waals surface area contributed by atoms with E-state index in [9.17, 15) is 18.0 Å². The molecule has 1 amide bonds. The van der Waals surface area contributed by atoms with Gasteiger partial charge in [-0.2, -0.15) is 4.31 Å². The van der Waals surface area contributed by atoms with E-state index in [-0.39, 0.29) is 35.8 Å². The Morgan fingerprint density at radius 1 is 1.00 bits per heavy atom. The van der Waals surface area contributed by atoms with E-state index in [4.69, 9.17) is 0 Å². The second-order valence-electron chi connectivity index (χ2n) is 9.51. The maximum atomic E-state index is 13.8. The van der Waals surface area contributed by atoms with E-state index in [0.717, 1.165) is 26.1 Å². The minimum absolute atomic E-state index is 0.00519. The fraction of sp³-hybridized carbons (Fsp3) is 0.542. The van der Waals surface area contributed by atoms with Crippen molar-refractivity contribution in [2.24, 2.45) is 0 Å². The minimum Gasteiger partial charge on any atom is -0.339 e. The summed E-state index contributed by atoms with van der Waals surface area (Å²) >= 11 is 1.18. The lowest BCUT2D eigenvalue weighted by molar-refractivity contribution is -0.133. The molecule has 0 bridgehead atoms. The number of rotatable bonds is 7. The summed E-state index contributed by atoms with van der Waals surface area (Å²) in [5.74, 6) is 0.394. The van der Waals surface area contributed by atoms with Crippen LogP contribution in [0.3, 0.4) is 0 Å². The van der Waals surface area contributed by atoms with E-state index in [1.807, 2.05) is 4.90 Å². The van der Waals surface area contributed by atoms with Crippen LogP contribution >= 0.6 is 11.3 Å². The lowest BCUT2D eigenvalue weighted by Crippen LogP contribution is -2.50. The molecular formula is C24H32N8O4S2. The molecule has 0 radical (unpaired) electrons. The average molecular weight is 561 g/mol. The Bertz CT molecular complexity index is 1460. The highest BCUT2D eigenvalue weighted by Gasteiger charge is 2.34. The molecule has 0 atom stereocenters. The normalized spacial score (nSPS) is 17.8. The molecule has 0 aliphatic carbocycles. The van der Waals surface area contributed by atoms with E-state index in [1.165, 1.54) is 26.5 Å². The van der Waals surface area contributed by atoms with Crippen LogP contribution in [-0.2, 0) is 21.4 Å². The maximum absolute atomic E-state index is 13.8. The van der Waals surface area contributed by atoms with E-state index >= 15 is 0 Å². The van der Waals surface area contributed by atoms with Gasteiger partial charge in [0.05, 0.1) is 11.7 Å². The lowest BCUT2D eigenvalue weighted by Gasteiger charge is -2.34. The number of aryl methyl sites for hydroxylation is 1. The summed E-state index contributed by atoms with van der Waals surface area (Å²) in [6, 6.07) is 1.73. The summed E-state index contributed by atoms with van der Waals surface area (Å²) in [6.45, 7) is 8.86. The third kappa shape index (κ3) is 5.17. The molecule has 38 heavy (non-hydrogen) atoms. The topological polar surface area (TPSA) is 125 Å². The molecule has 3 aromatic rings. The monoisotopic (exact) mass is 560 g/mol. The van der Waals surface area contributed by atoms with Crippen LogP contribution < -0.4 is 10.5 Å². The SMILES string of the molecule is CCCN1CCN(C(=O)Cn2cnc3sc(C)c(S(=O)(=O)N4CCN(c5ncccn5)CC4)c3c2=O)CC1. The summed E-state index contributed by atoms with van der Waals surface area (Å²) in [5, 5.41) is 0.0596. The van der Waals surface area contributed by atoms with Crippen LogP contribution in [0.4, 0.5) is 5.95 Å². The standard InChI is InChI=1S/C24H32N8O4S2/c1-3-7-28-8-10-29(11-9-28)19(33)16-31-17-27-22-20(23(31)34)21(18(2)37-22)38(35,36)32-14-12-30(13-15-32)24-25-5-4-6-26-24/h4-6,17H,3,7-16H2,1-2H3. The molecule has 3 aromatic heterocycles.